The van der Waals surface area contributed by atoms with Gasteiger partial charge < -0.3 is 24.6 Å². The van der Waals surface area contributed by atoms with E-state index in [0.717, 1.165) is 12.1 Å². The number of rotatable bonds is 6. The normalized spacial score (nSPS) is 15.7. The van der Waals surface area contributed by atoms with Crippen LogP contribution in [-0.2, 0) is 10.4 Å². The van der Waals surface area contributed by atoms with E-state index in [1.807, 2.05) is 0 Å². The molecule has 3 aromatic carbocycles. The average molecular weight is 584 g/mol. The maximum Gasteiger partial charge on any atom is 0.511 e. The zero-order chi connectivity index (χ0) is 28.7. The van der Waals surface area contributed by atoms with Gasteiger partial charge in [-0.3, -0.25) is 4.79 Å². The monoisotopic (exact) mass is 583 g/mol. The fourth-order valence-corrected chi connectivity index (χ4v) is 5.08. The molecule has 2 unspecified atom stereocenters. The van der Waals surface area contributed by atoms with Gasteiger partial charge in [-0.05, 0) is 59.5 Å². The molecule has 1 aliphatic heterocycles. The zero-order valence-electron chi connectivity index (χ0n) is 20.6. The number of likely N-dealkylation sites (N-methyl/N-ethyl adjacent to an activating group) is 1. The van der Waals surface area contributed by atoms with Gasteiger partial charge in [-0.1, -0.05) is 54.4 Å². The van der Waals surface area contributed by atoms with Crippen LogP contribution in [0.1, 0.15) is 30.9 Å². The van der Waals surface area contributed by atoms with Crippen LogP contribution in [0.3, 0.4) is 0 Å². The summed E-state index contributed by atoms with van der Waals surface area (Å²) in [7, 11) is 0. The second-order valence-corrected chi connectivity index (χ2v) is 9.66. The van der Waals surface area contributed by atoms with E-state index >= 15 is 0 Å². The van der Waals surface area contributed by atoms with Crippen LogP contribution in [0.25, 0.3) is 11.1 Å². The number of halogens is 5. The SMILES string of the molecule is CCN1C(=O)COc2ccc(C(O)(C(C)c3ccc(-c4ccc(Cl)c(OC(=O)O)c4)cc3Cl)C(F)(F)F)cc21. The molecule has 0 saturated heterocycles. The van der Waals surface area contributed by atoms with Crippen molar-refractivity contribution in [2.45, 2.75) is 31.5 Å². The number of carbonyl (C=O) groups excluding carboxylic acids is 1. The van der Waals surface area contributed by atoms with Gasteiger partial charge in [0.25, 0.3) is 5.91 Å². The summed E-state index contributed by atoms with van der Waals surface area (Å²) in [5.74, 6) is -1.89. The number of benzene rings is 3. The third-order valence-corrected chi connectivity index (χ3v) is 7.29. The van der Waals surface area contributed by atoms with Gasteiger partial charge in [0.2, 0.25) is 0 Å². The summed E-state index contributed by atoms with van der Waals surface area (Å²) in [6.45, 7) is 2.85. The van der Waals surface area contributed by atoms with Crippen LogP contribution in [0.5, 0.6) is 11.5 Å². The second kappa shape index (κ2) is 10.6. The Morgan fingerprint density at radius 3 is 2.36 bits per heavy atom. The summed E-state index contributed by atoms with van der Waals surface area (Å²) in [5.41, 5.74) is -2.83. The zero-order valence-corrected chi connectivity index (χ0v) is 22.1. The number of fused-ring (bicyclic) bond motifs is 1. The molecule has 0 bridgehead atoms. The highest BCUT2D eigenvalue weighted by atomic mass is 35.5. The Morgan fingerprint density at radius 1 is 1.08 bits per heavy atom. The quantitative estimate of drug-likeness (QED) is 0.239. The Morgan fingerprint density at radius 2 is 1.74 bits per heavy atom. The van der Waals surface area contributed by atoms with E-state index < -0.39 is 35.3 Å². The first-order valence-electron chi connectivity index (χ1n) is 11.6. The minimum Gasteiger partial charge on any atom is -0.482 e. The molecule has 39 heavy (non-hydrogen) atoms. The Kier molecular flexibility index (Phi) is 7.75. The molecule has 2 atom stereocenters. The predicted molar refractivity (Wildman–Crippen MR) is 139 cm³/mol. The summed E-state index contributed by atoms with van der Waals surface area (Å²) in [6.07, 6.45) is -6.69. The summed E-state index contributed by atoms with van der Waals surface area (Å²) < 4.78 is 53.8. The predicted octanol–water partition coefficient (Wildman–Crippen LogP) is 7.02. The van der Waals surface area contributed by atoms with Crippen LogP contribution < -0.4 is 14.4 Å². The molecular weight excluding hydrogens is 562 g/mol. The van der Waals surface area contributed by atoms with Crippen molar-refractivity contribution in [1.82, 2.24) is 0 Å². The maximum absolute atomic E-state index is 14.6. The van der Waals surface area contributed by atoms with Crippen molar-refractivity contribution >= 4 is 41.0 Å². The molecule has 0 aromatic heterocycles. The number of amides is 1. The van der Waals surface area contributed by atoms with E-state index in [4.69, 9.17) is 33.0 Å². The second-order valence-electron chi connectivity index (χ2n) is 8.84. The highest BCUT2D eigenvalue weighted by Gasteiger charge is 2.59. The molecular formula is C27H22Cl2F3NO6. The lowest BCUT2D eigenvalue weighted by Gasteiger charge is -2.38. The van der Waals surface area contributed by atoms with E-state index in [1.54, 1.807) is 13.0 Å². The highest BCUT2D eigenvalue weighted by molar-refractivity contribution is 6.32. The third-order valence-electron chi connectivity index (χ3n) is 6.65. The number of hydrogen-bond acceptors (Lipinski definition) is 5. The van der Waals surface area contributed by atoms with Gasteiger partial charge in [0.15, 0.2) is 18.0 Å². The summed E-state index contributed by atoms with van der Waals surface area (Å²) in [4.78, 5) is 24.5. The van der Waals surface area contributed by atoms with E-state index in [1.165, 1.54) is 48.2 Å². The molecule has 0 saturated carbocycles. The molecule has 12 heteroatoms. The lowest BCUT2D eigenvalue weighted by molar-refractivity contribution is -0.274. The van der Waals surface area contributed by atoms with E-state index in [9.17, 15) is 27.9 Å². The van der Waals surface area contributed by atoms with Gasteiger partial charge in [-0.25, -0.2) is 4.79 Å². The summed E-state index contributed by atoms with van der Waals surface area (Å²) in [6, 6.07) is 12.1. The Balaban J connectivity index is 1.76. The molecule has 0 spiro atoms. The van der Waals surface area contributed by atoms with E-state index in [0.29, 0.717) is 11.1 Å². The topological polar surface area (TPSA) is 96.3 Å². The maximum atomic E-state index is 14.6. The van der Waals surface area contributed by atoms with Crippen LogP contribution in [0.4, 0.5) is 23.7 Å². The Labute approximate surface area is 231 Å². The number of nitrogens with zero attached hydrogens (tertiary/aromatic N) is 1. The fourth-order valence-electron chi connectivity index (χ4n) is 4.58. The molecule has 7 nitrogen and oxygen atoms in total. The van der Waals surface area contributed by atoms with Crippen molar-refractivity contribution in [1.29, 1.82) is 0 Å². The molecule has 3 aromatic rings. The van der Waals surface area contributed by atoms with Crippen LogP contribution in [-0.4, -0.2) is 41.6 Å². The Bertz CT molecular complexity index is 1450. The van der Waals surface area contributed by atoms with Gasteiger partial charge in [-0.15, -0.1) is 0 Å². The third kappa shape index (κ3) is 5.24. The largest absolute Gasteiger partial charge is 0.511 e. The lowest BCUT2D eigenvalue weighted by Crippen LogP contribution is -2.47. The molecule has 4 rings (SSSR count). The average Bonchev–Trinajstić information content (AvgIpc) is 2.87. The lowest BCUT2D eigenvalue weighted by atomic mass is 9.77. The summed E-state index contributed by atoms with van der Waals surface area (Å²) >= 11 is 12.4. The first kappa shape index (κ1) is 28.5. The van der Waals surface area contributed by atoms with Gasteiger partial charge >= 0.3 is 12.3 Å². The minimum atomic E-state index is -5.13. The number of alkyl halides is 3. The van der Waals surface area contributed by atoms with Crippen molar-refractivity contribution in [3.63, 3.8) is 0 Å². The van der Waals surface area contributed by atoms with Crippen LogP contribution in [0.15, 0.2) is 54.6 Å². The first-order valence-corrected chi connectivity index (χ1v) is 12.4. The molecule has 0 radical (unpaired) electrons. The molecule has 1 amide bonds. The summed E-state index contributed by atoms with van der Waals surface area (Å²) in [5, 5.41) is 20.2. The number of aliphatic hydroxyl groups is 1. The standard InChI is InChI=1S/C27H22Cl2F3NO6/c1-3-33-21-12-17(6-9-22(21)38-13-24(33)34)26(37,27(30,31)32)14(2)18-7-4-15(10-20(18)29)16-5-8-19(28)23(11-16)39-25(35)36/h4-12,14,37H,3,13H2,1-2H3,(H,35,36). The van der Waals surface area contributed by atoms with Crippen molar-refractivity contribution in [2.24, 2.45) is 0 Å². The molecule has 1 aliphatic rings. The van der Waals surface area contributed by atoms with Crippen molar-refractivity contribution in [3.8, 4) is 22.6 Å². The molecule has 2 N–H and O–H groups in total. The molecule has 206 valence electrons. The van der Waals surface area contributed by atoms with Crippen molar-refractivity contribution in [2.75, 3.05) is 18.1 Å². The molecule has 0 fully saturated rings. The first-order chi connectivity index (χ1) is 18.3. The minimum absolute atomic E-state index is 0.00797. The van der Waals surface area contributed by atoms with Crippen LogP contribution >= 0.6 is 23.2 Å². The number of ether oxygens (including phenoxy) is 2. The molecule has 1 heterocycles. The number of anilines is 1. The van der Waals surface area contributed by atoms with Crippen LogP contribution in [0, 0.1) is 0 Å². The van der Waals surface area contributed by atoms with Gasteiger partial charge in [-0.2, -0.15) is 13.2 Å². The highest BCUT2D eigenvalue weighted by Crippen LogP contribution is 2.51. The van der Waals surface area contributed by atoms with Gasteiger partial charge in [0.05, 0.1) is 10.7 Å². The van der Waals surface area contributed by atoms with Crippen molar-refractivity contribution in [3.05, 3.63) is 75.8 Å². The Hall–Kier alpha value is -3.47. The van der Waals surface area contributed by atoms with Gasteiger partial charge in [0, 0.05) is 17.5 Å². The number of carbonyl (C=O) groups is 2. The molecule has 0 aliphatic carbocycles. The number of carboxylic acid groups (broad SMARTS) is 1. The van der Waals surface area contributed by atoms with Crippen molar-refractivity contribution < 1.29 is 42.4 Å². The van der Waals surface area contributed by atoms with Gasteiger partial charge in [0.1, 0.15) is 5.75 Å². The van der Waals surface area contributed by atoms with E-state index in [2.05, 4.69) is 4.74 Å². The smallest absolute Gasteiger partial charge is 0.482 e. The van der Waals surface area contributed by atoms with Crippen LogP contribution in [0.2, 0.25) is 10.0 Å². The van der Waals surface area contributed by atoms with E-state index in [-0.39, 0.29) is 45.9 Å². The fraction of sp³-hybridized carbons (Fsp3) is 0.259. The number of hydrogen-bond donors (Lipinski definition) is 2.